The maximum atomic E-state index is 12.4. The Morgan fingerprint density at radius 3 is 2.68 bits per heavy atom. The number of piperidine rings is 1. The van der Waals surface area contributed by atoms with Gasteiger partial charge in [0, 0.05) is 30.1 Å². The van der Waals surface area contributed by atoms with Crippen LogP contribution in [0.3, 0.4) is 0 Å². The molecule has 5 heteroatoms. The van der Waals surface area contributed by atoms with Crippen LogP contribution in [0.5, 0.6) is 0 Å². The molecule has 1 aliphatic heterocycles. The number of nitrogens with zero attached hydrogens (tertiary/aromatic N) is 1. The van der Waals surface area contributed by atoms with E-state index in [9.17, 15) is 4.79 Å². The summed E-state index contributed by atoms with van der Waals surface area (Å²) in [6.45, 7) is 5.67. The molecule has 0 radical (unpaired) electrons. The van der Waals surface area contributed by atoms with Crippen molar-refractivity contribution in [3.8, 4) is 0 Å². The van der Waals surface area contributed by atoms with Crippen molar-refractivity contribution in [2.24, 2.45) is 5.73 Å². The van der Waals surface area contributed by atoms with Gasteiger partial charge in [0.05, 0.1) is 12.7 Å². The van der Waals surface area contributed by atoms with Crippen LogP contribution in [0.15, 0.2) is 22.8 Å². The summed E-state index contributed by atoms with van der Waals surface area (Å²) in [7, 11) is 0. The van der Waals surface area contributed by atoms with Gasteiger partial charge in [0.1, 0.15) is 5.58 Å². The molecule has 0 aliphatic carbocycles. The Labute approximate surface area is 137 Å². The number of halogens is 1. The van der Waals surface area contributed by atoms with Crippen molar-refractivity contribution >= 4 is 29.3 Å². The number of nitrogens with two attached hydrogens (primary N) is 1. The summed E-state index contributed by atoms with van der Waals surface area (Å²) in [5.41, 5.74) is 10.1. The minimum atomic E-state index is 0. The number of hydrogen-bond donors (Lipinski definition) is 1. The maximum Gasteiger partial charge on any atom is 0.227 e. The molecule has 4 nitrogen and oxygen atoms in total. The number of amides is 1. The number of hydrogen-bond acceptors (Lipinski definition) is 3. The van der Waals surface area contributed by atoms with Crippen LogP contribution in [0, 0.1) is 13.8 Å². The molecule has 1 fully saturated rings. The third-order valence-corrected chi connectivity index (χ3v) is 4.58. The zero-order chi connectivity index (χ0) is 15.0. The van der Waals surface area contributed by atoms with Crippen molar-refractivity contribution in [1.29, 1.82) is 0 Å². The van der Waals surface area contributed by atoms with Gasteiger partial charge in [-0.25, -0.2) is 0 Å². The normalized spacial score (nSPS) is 15.9. The molecule has 0 spiro atoms. The second-order valence-corrected chi connectivity index (χ2v) is 6.04. The second kappa shape index (κ2) is 6.71. The first-order valence-electron chi connectivity index (χ1n) is 7.56. The Bertz CT molecular complexity index is 673. The fourth-order valence-corrected chi connectivity index (χ4v) is 2.95. The number of carbonyl (C=O) groups excluding carboxylic acids is 1. The van der Waals surface area contributed by atoms with E-state index >= 15 is 0 Å². The largest absolute Gasteiger partial charge is 0.464 e. The Hall–Kier alpha value is -1.52. The number of rotatable bonds is 2. The summed E-state index contributed by atoms with van der Waals surface area (Å²) in [5, 5.41) is 1.06. The average molecular weight is 323 g/mol. The molecule has 2 aromatic rings. The highest BCUT2D eigenvalue weighted by Crippen LogP contribution is 2.27. The summed E-state index contributed by atoms with van der Waals surface area (Å²) in [6.07, 6.45) is 3.93. The first-order chi connectivity index (χ1) is 10.1. The summed E-state index contributed by atoms with van der Waals surface area (Å²) in [5.74, 6) is 0.169. The number of aryl methyl sites for hydroxylation is 2. The lowest BCUT2D eigenvalue weighted by Crippen LogP contribution is -2.43. The van der Waals surface area contributed by atoms with Crippen molar-refractivity contribution in [2.45, 2.75) is 39.2 Å². The SMILES string of the molecule is Cc1ccc2c(CC(=O)N3CCC(N)CC3)coc2c1C.Cl. The minimum Gasteiger partial charge on any atom is -0.464 e. The number of furan rings is 1. The zero-order valence-electron chi connectivity index (χ0n) is 13.1. The molecular weight excluding hydrogens is 300 g/mol. The lowest BCUT2D eigenvalue weighted by atomic mass is 10.0. The Kier molecular flexibility index (Phi) is 5.14. The van der Waals surface area contributed by atoms with Crippen LogP contribution in [-0.2, 0) is 11.2 Å². The van der Waals surface area contributed by atoms with E-state index in [0.717, 1.165) is 48.0 Å². The minimum absolute atomic E-state index is 0. The summed E-state index contributed by atoms with van der Waals surface area (Å²) >= 11 is 0. The van der Waals surface area contributed by atoms with Crippen LogP contribution in [-0.4, -0.2) is 29.9 Å². The molecule has 2 N–H and O–H groups in total. The number of benzene rings is 1. The highest BCUT2D eigenvalue weighted by molar-refractivity contribution is 5.89. The number of likely N-dealkylation sites (tertiary alicyclic amines) is 1. The Morgan fingerprint density at radius 1 is 1.32 bits per heavy atom. The molecule has 1 saturated heterocycles. The van der Waals surface area contributed by atoms with E-state index in [1.54, 1.807) is 6.26 Å². The molecule has 0 unspecified atom stereocenters. The number of fused-ring (bicyclic) bond motifs is 1. The van der Waals surface area contributed by atoms with Crippen molar-refractivity contribution in [1.82, 2.24) is 4.90 Å². The van der Waals surface area contributed by atoms with Crippen LogP contribution in [0.1, 0.15) is 29.5 Å². The quantitative estimate of drug-likeness (QED) is 0.924. The third-order valence-electron chi connectivity index (χ3n) is 4.58. The predicted octanol–water partition coefficient (Wildman–Crippen LogP) is 2.96. The van der Waals surface area contributed by atoms with Gasteiger partial charge >= 0.3 is 0 Å². The number of carbonyl (C=O) groups is 1. The van der Waals surface area contributed by atoms with Gasteiger partial charge in [0.2, 0.25) is 5.91 Å². The first kappa shape index (κ1) is 16.8. The van der Waals surface area contributed by atoms with Gasteiger partial charge in [-0.3, -0.25) is 4.79 Å². The van der Waals surface area contributed by atoms with E-state index < -0.39 is 0 Å². The van der Waals surface area contributed by atoms with Crippen LogP contribution in [0.4, 0.5) is 0 Å². The van der Waals surface area contributed by atoms with E-state index in [2.05, 4.69) is 26.0 Å². The highest BCUT2D eigenvalue weighted by atomic mass is 35.5. The smallest absolute Gasteiger partial charge is 0.227 e. The van der Waals surface area contributed by atoms with E-state index in [4.69, 9.17) is 10.2 Å². The standard InChI is InChI=1S/C17H22N2O2.ClH/c1-11-3-4-15-13(10-21-17(15)12(11)2)9-16(20)19-7-5-14(18)6-8-19;/h3-4,10,14H,5-9,18H2,1-2H3;1H. The van der Waals surface area contributed by atoms with Gasteiger partial charge in [0.25, 0.3) is 0 Å². The van der Waals surface area contributed by atoms with Crippen LogP contribution < -0.4 is 5.73 Å². The summed E-state index contributed by atoms with van der Waals surface area (Å²) in [4.78, 5) is 14.3. The third kappa shape index (κ3) is 3.13. The molecular formula is C17H23ClN2O2. The van der Waals surface area contributed by atoms with E-state index in [1.807, 2.05) is 4.90 Å². The van der Waals surface area contributed by atoms with E-state index in [-0.39, 0.29) is 24.4 Å². The molecule has 1 aromatic carbocycles. The highest BCUT2D eigenvalue weighted by Gasteiger charge is 2.22. The van der Waals surface area contributed by atoms with Crippen molar-refractivity contribution in [3.05, 3.63) is 35.1 Å². The average Bonchev–Trinajstić information content (AvgIpc) is 2.87. The predicted molar refractivity (Wildman–Crippen MR) is 90.4 cm³/mol. The van der Waals surface area contributed by atoms with Gasteiger partial charge in [-0.1, -0.05) is 12.1 Å². The zero-order valence-corrected chi connectivity index (χ0v) is 13.9. The van der Waals surface area contributed by atoms with E-state index in [1.165, 1.54) is 5.56 Å². The van der Waals surface area contributed by atoms with Crippen molar-refractivity contribution in [2.75, 3.05) is 13.1 Å². The van der Waals surface area contributed by atoms with Gasteiger partial charge < -0.3 is 15.1 Å². The molecule has 3 rings (SSSR count). The van der Waals surface area contributed by atoms with Crippen molar-refractivity contribution < 1.29 is 9.21 Å². The molecule has 2 heterocycles. The fraction of sp³-hybridized carbons (Fsp3) is 0.471. The van der Waals surface area contributed by atoms with E-state index in [0.29, 0.717) is 6.42 Å². The van der Waals surface area contributed by atoms with Gasteiger partial charge in [0.15, 0.2) is 0 Å². The second-order valence-electron chi connectivity index (χ2n) is 6.04. The van der Waals surface area contributed by atoms with Crippen LogP contribution in [0.25, 0.3) is 11.0 Å². The van der Waals surface area contributed by atoms with Crippen molar-refractivity contribution in [3.63, 3.8) is 0 Å². The lowest BCUT2D eigenvalue weighted by molar-refractivity contribution is -0.131. The fourth-order valence-electron chi connectivity index (χ4n) is 2.95. The molecule has 1 aliphatic rings. The molecule has 0 atom stereocenters. The Morgan fingerprint density at radius 2 is 2.00 bits per heavy atom. The summed E-state index contributed by atoms with van der Waals surface area (Å²) < 4.78 is 5.68. The van der Waals surface area contributed by atoms with Gasteiger partial charge in [-0.05, 0) is 37.8 Å². The van der Waals surface area contributed by atoms with Gasteiger partial charge in [-0.15, -0.1) is 12.4 Å². The molecule has 120 valence electrons. The maximum absolute atomic E-state index is 12.4. The first-order valence-corrected chi connectivity index (χ1v) is 7.56. The van der Waals surface area contributed by atoms with Crippen LogP contribution in [0.2, 0.25) is 0 Å². The Balaban J connectivity index is 0.00000176. The lowest BCUT2D eigenvalue weighted by Gasteiger charge is -2.30. The topological polar surface area (TPSA) is 59.5 Å². The molecule has 0 bridgehead atoms. The molecule has 22 heavy (non-hydrogen) atoms. The summed E-state index contributed by atoms with van der Waals surface area (Å²) in [6, 6.07) is 4.38. The molecule has 0 saturated carbocycles. The molecule has 1 aromatic heterocycles. The molecule has 1 amide bonds. The monoisotopic (exact) mass is 322 g/mol. The van der Waals surface area contributed by atoms with Crippen LogP contribution >= 0.6 is 12.4 Å². The van der Waals surface area contributed by atoms with Gasteiger partial charge in [-0.2, -0.15) is 0 Å².